The molecule has 7 heteroatoms. The largest absolute Gasteiger partial charge is 0.351 e. The van der Waals surface area contributed by atoms with Crippen molar-refractivity contribution in [1.82, 2.24) is 10.2 Å². The number of piperidine rings is 1. The van der Waals surface area contributed by atoms with E-state index in [9.17, 15) is 0 Å². The number of halogens is 1. The normalized spacial score (nSPS) is 19.2. The van der Waals surface area contributed by atoms with Gasteiger partial charge >= 0.3 is 0 Å². The Kier molecular flexibility index (Phi) is 5.65. The van der Waals surface area contributed by atoms with Crippen LogP contribution >= 0.6 is 34.7 Å². The van der Waals surface area contributed by atoms with E-state index in [1.54, 1.807) is 0 Å². The van der Waals surface area contributed by atoms with Crippen LogP contribution in [0.2, 0.25) is 5.02 Å². The first kappa shape index (κ1) is 20.6. The first-order chi connectivity index (χ1) is 12.5. The monoisotopic (exact) mass is 422 g/mol. The molecule has 0 bridgehead atoms. The molecule has 1 saturated heterocycles. The fraction of sp³-hybridized carbons (Fsp3) is 0.500. The molecular weight excluding hydrogens is 396 g/mol. The minimum atomic E-state index is 0.0217. The second-order valence-electron chi connectivity index (χ2n) is 8.54. The van der Waals surface area contributed by atoms with Crippen LogP contribution in [0.15, 0.2) is 24.3 Å². The van der Waals surface area contributed by atoms with Crippen LogP contribution in [0, 0.1) is 10.8 Å². The van der Waals surface area contributed by atoms with Crippen LogP contribution in [0.1, 0.15) is 45.4 Å². The Bertz CT molecular complexity index is 871. The molecule has 27 heavy (non-hydrogen) atoms. The van der Waals surface area contributed by atoms with Gasteiger partial charge in [0.2, 0.25) is 0 Å². The Balaban J connectivity index is 1.74. The molecule has 0 amide bonds. The molecule has 0 unspecified atom stereocenters. The van der Waals surface area contributed by atoms with Gasteiger partial charge in [0, 0.05) is 34.3 Å². The van der Waals surface area contributed by atoms with Gasteiger partial charge in [-0.05, 0) is 58.4 Å². The number of nitrogens with zero attached hydrogens (tertiary/aromatic N) is 1. The lowest BCUT2D eigenvalue weighted by Gasteiger charge is -2.49. The molecule has 0 radical (unpaired) electrons. The molecule has 1 aliphatic heterocycles. The predicted molar refractivity (Wildman–Crippen MR) is 121 cm³/mol. The Morgan fingerprint density at radius 3 is 2.37 bits per heavy atom. The van der Waals surface area contributed by atoms with Crippen molar-refractivity contribution in [2.24, 2.45) is 0 Å². The molecule has 0 spiro atoms. The number of thioether (sulfide) groups is 1. The smallest absolute Gasteiger partial charge is 0.162 e. The number of nitrogens with one attached hydrogen (secondary N) is 3. The zero-order valence-corrected chi connectivity index (χ0v) is 18.8. The van der Waals surface area contributed by atoms with Crippen molar-refractivity contribution < 1.29 is 0 Å². The summed E-state index contributed by atoms with van der Waals surface area (Å²) in [6.07, 6.45) is 1.93. The molecule has 0 atom stereocenters. The van der Waals surface area contributed by atoms with Gasteiger partial charge < -0.3 is 10.2 Å². The van der Waals surface area contributed by atoms with E-state index in [4.69, 9.17) is 22.4 Å². The predicted octanol–water partition coefficient (Wildman–Crippen LogP) is 5.79. The van der Waals surface area contributed by atoms with Crippen molar-refractivity contribution in [3.05, 3.63) is 34.2 Å². The van der Waals surface area contributed by atoms with Gasteiger partial charge in [0.25, 0.3) is 0 Å². The molecule has 1 aliphatic rings. The summed E-state index contributed by atoms with van der Waals surface area (Å²) in [5, 5.41) is 23.1. The number of hydrogen-bond acceptors (Lipinski definition) is 5. The molecule has 0 aliphatic carbocycles. The van der Waals surface area contributed by atoms with Crippen LogP contribution in [-0.4, -0.2) is 39.3 Å². The van der Waals surface area contributed by atoms with E-state index in [-0.39, 0.29) is 17.1 Å². The number of benzene rings is 1. The number of rotatable bonds is 2. The molecule has 2 heterocycles. The first-order valence-corrected chi connectivity index (χ1v) is 11.0. The standard InChI is InChI=1S/C20H27ClN4S2/c1-19(2)10-12(11-20(3,4)24-19)25(5)18(23)27-17(22)16-15(21)13-8-6-7-9-14(13)26-16/h6-9,12,22-24H,10-11H2,1-5H3. The van der Waals surface area contributed by atoms with E-state index < -0.39 is 0 Å². The van der Waals surface area contributed by atoms with Crippen molar-refractivity contribution in [3.63, 3.8) is 0 Å². The fourth-order valence-corrected chi connectivity index (χ4v) is 6.44. The summed E-state index contributed by atoms with van der Waals surface area (Å²) in [4.78, 5) is 2.76. The van der Waals surface area contributed by atoms with Crippen molar-refractivity contribution in [2.75, 3.05) is 7.05 Å². The van der Waals surface area contributed by atoms with E-state index in [1.165, 1.54) is 23.1 Å². The molecule has 1 aromatic carbocycles. The third-order valence-corrected chi connectivity index (χ3v) is 7.69. The number of fused-ring (bicyclic) bond motifs is 1. The number of amidine groups is 1. The zero-order valence-electron chi connectivity index (χ0n) is 16.4. The van der Waals surface area contributed by atoms with Gasteiger partial charge in [0.15, 0.2) is 5.17 Å². The van der Waals surface area contributed by atoms with E-state index in [2.05, 4.69) is 33.0 Å². The molecule has 0 saturated carbocycles. The topological polar surface area (TPSA) is 63.0 Å². The fourth-order valence-electron chi connectivity index (χ4n) is 4.08. The Labute approximate surface area is 174 Å². The van der Waals surface area contributed by atoms with Gasteiger partial charge in [-0.15, -0.1) is 11.3 Å². The van der Waals surface area contributed by atoms with E-state index in [1.807, 2.05) is 36.2 Å². The van der Waals surface area contributed by atoms with Crippen LogP contribution in [0.4, 0.5) is 0 Å². The zero-order chi connectivity index (χ0) is 20.0. The van der Waals surface area contributed by atoms with Crippen molar-refractivity contribution in [1.29, 1.82) is 10.8 Å². The molecule has 1 fully saturated rings. The number of hydrogen-bond donors (Lipinski definition) is 3. The van der Waals surface area contributed by atoms with Gasteiger partial charge in [-0.1, -0.05) is 29.8 Å². The van der Waals surface area contributed by atoms with Crippen molar-refractivity contribution in [2.45, 2.75) is 57.7 Å². The molecule has 3 N–H and O–H groups in total. The highest BCUT2D eigenvalue weighted by Gasteiger charge is 2.39. The summed E-state index contributed by atoms with van der Waals surface area (Å²) in [5.41, 5.74) is 0.0435. The second kappa shape index (κ2) is 7.39. The van der Waals surface area contributed by atoms with Crippen LogP contribution in [0.3, 0.4) is 0 Å². The van der Waals surface area contributed by atoms with Gasteiger partial charge in [0.1, 0.15) is 5.04 Å². The summed E-state index contributed by atoms with van der Waals surface area (Å²) >= 11 is 9.20. The molecule has 146 valence electrons. The van der Waals surface area contributed by atoms with E-state index in [0.29, 0.717) is 15.2 Å². The molecule has 2 aromatic rings. The highest BCUT2D eigenvalue weighted by atomic mass is 35.5. The highest BCUT2D eigenvalue weighted by Crippen LogP contribution is 2.38. The van der Waals surface area contributed by atoms with Crippen LogP contribution < -0.4 is 5.32 Å². The Hall–Kier alpha value is -1.08. The third-order valence-electron chi connectivity index (χ3n) is 4.98. The van der Waals surface area contributed by atoms with Crippen LogP contribution in [0.5, 0.6) is 0 Å². The molecule has 1 aromatic heterocycles. The highest BCUT2D eigenvalue weighted by molar-refractivity contribution is 8.26. The Morgan fingerprint density at radius 2 is 1.78 bits per heavy atom. The van der Waals surface area contributed by atoms with Gasteiger partial charge in [-0.2, -0.15) is 0 Å². The molecule has 4 nitrogen and oxygen atoms in total. The Morgan fingerprint density at radius 1 is 1.19 bits per heavy atom. The van der Waals surface area contributed by atoms with Crippen LogP contribution in [0.25, 0.3) is 10.1 Å². The number of thiophene rings is 1. The summed E-state index contributed by atoms with van der Waals surface area (Å²) < 4.78 is 1.07. The summed E-state index contributed by atoms with van der Waals surface area (Å²) in [6, 6.07) is 8.20. The minimum absolute atomic E-state index is 0.0217. The van der Waals surface area contributed by atoms with E-state index in [0.717, 1.165) is 27.8 Å². The van der Waals surface area contributed by atoms with E-state index >= 15 is 0 Å². The summed E-state index contributed by atoms with van der Waals surface area (Å²) in [5.74, 6) is 0. The first-order valence-electron chi connectivity index (χ1n) is 9.04. The maximum Gasteiger partial charge on any atom is 0.162 e. The third kappa shape index (κ3) is 4.50. The van der Waals surface area contributed by atoms with Gasteiger partial charge in [-0.3, -0.25) is 10.8 Å². The van der Waals surface area contributed by atoms with Gasteiger partial charge in [0.05, 0.1) is 9.90 Å². The lowest BCUT2D eigenvalue weighted by atomic mass is 9.79. The van der Waals surface area contributed by atoms with Gasteiger partial charge in [-0.25, -0.2) is 0 Å². The lowest BCUT2D eigenvalue weighted by molar-refractivity contribution is 0.114. The second-order valence-corrected chi connectivity index (χ2v) is 11.0. The minimum Gasteiger partial charge on any atom is -0.351 e. The maximum absolute atomic E-state index is 8.56. The average Bonchev–Trinajstić information content (AvgIpc) is 2.88. The molecule has 3 rings (SSSR count). The van der Waals surface area contributed by atoms with Crippen LogP contribution in [-0.2, 0) is 0 Å². The SMILES string of the molecule is CN(C(=N)SC(=N)c1sc2ccccc2c1Cl)C1CC(C)(C)NC(C)(C)C1. The lowest BCUT2D eigenvalue weighted by Crippen LogP contribution is -2.62. The maximum atomic E-state index is 8.56. The van der Waals surface area contributed by atoms with Crippen molar-refractivity contribution >= 4 is 55.0 Å². The quantitative estimate of drug-likeness (QED) is 0.424. The average molecular weight is 423 g/mol. The summed E-state index contributed by atoms with van der Waals surface area (Å²) in [6.45, 7) is 8.85. The summed E-state index contributed by atoms with van der Waals surface area (Å²) in [7, 11) is 1.97. The van der Waals surface area contributed by atoms with Crippen molar-refractivity contribution in [3.8, 4) is 0 Å². The molecular formula is C20H27ClN4S2.